The molecule has 96 valence electrons. The molecule has 0 aliphatic heterocycles. The van der Waals surface area contributed by atoms with Crippen molar-refractivity contribution in [2.75, 3.05) is 6.54 Å². The van der Waals surface area contributed by atoms with Crippen LogP contribution in [0.1, 0.15) is 23.1 Å². The van der Waals surface area contributed by atoms with E-state index in [0.717, 1.165) is 15.6 Å². The maximum Gasteiger partial charge on any atom is 0.0879 e. The third-order valence-electron chi connectivity index (χ3n) is 2.87. The maximum absolute atomic E-state index is 10.5. The van der Waals surface area contributed by atoms with Gasteiger partial charge < -0.3 is 10.8 Å². The Labute approximate surface area is 132 Å². The molecule has 3 N–H and O–H groups in total. The molecule has 0 spiro atoms. The number of hydrogen-bond donors (Lipinski definition) is 2. The van der Waals surface area contributed by atoms with Crippen LogP contribution in [0.3, 0.4) is 0 Å². The lowest BCUT2D eigenvalue weighted by Gasteiger charge is -2.22. The quantitative estimate of drug-likeness (QED) is 0.712. The van der Waals surface area contributed by atoms with Gasteiger partial charge in [-0.05, 0) is 51.2 Å². The lowest BCUT2D eigenvalue weighted by Crippen LogP contribution is -2.20. The first kappa shape index (κ1) is 14.5. The van der Waals surface area contributed by atoms with Crippen molar-refractivity contribution < 1.29 is 5.11 Å². The second kappa shape index (κ2) is 6.47. The lowest BCUT2D eigenvalue weighted by atomic mass is 9.90. The summed E-state index contributed by atoms with van der Waals surface area (Å²) in [7, 11) is 0. The highest BCUT2D eigenvalue weighted by atomic mass is 127. The van der Waals surface area contributed by atoms with E-state index in [4.69, 9.17) is 5.73 Å². The van der Waals surface area contributed by atoms with Crippen molar-refractivity contribution in [3.63, 3.8) is 0 Å². The normalized spacial score (nSPS) is 14.4. The number of benzene rings is 1. The zero-order chi connectivity index (χ0) is 13.1. The van der Waals surface area contributed by atoms with Gasteiger partial charge in [-0.15, -0.1) is 11.3 Å². The van der Waals surface area contributed by atoms with Gasteiger partial charge in [-0.2, -0.15) is 0 Å². The number of thiophene rings is 1. The molecular formula is C13H13BrINOS. The Balaban J connectivity index is 2.32. The molecule has 0 radical (unpaired) electrons. The van der Waals surface area contributed by atoms with Gasteiger partial charge in [0.2, 0.25) is 0 Å². The number of aliphatic hydroxyl groups excluding tert-OH is 1. The zero-order valence-electron chi connectivity index (χ0n) is 9.51. The summed E-state index contributed by atoms with van der Waals surface area (Å²) < 4.78 is 2.16. The molecule has 5 heteroatoms. The fourth-order valence-electron chi connectivity index (χ4n) is 1.91. The maximum atomic E-state index is 10.5. The van der Waals surface area contributed by atoms with E-state index in [1.807, 2.05) is 35.7 Å². The minimum Gasteiger partial charge on any atom is -0.388 e. The molecule has 1 aromatic heterocycles. The standard InChI is InChI=1S/C13H13BrINOS/c14-11-4-2-1-3-9(11)10(6-16)13(17)8-5-12(15)18-7-8/h1-5,7,10,13,17H,6,16H2. The van der Waals surface area contributed by atoms with E-state index in [1.54, 1.807) is 11.3 Å². The number of rotatable bonds is 4. The topological polar surface area (TPSA) is 46.2 Å². The number of aliphatic hydroxyl groups is 1. The molecule has 2 rings (SSSR count). The first-order chi connectivity index (χ1) is 8.63. The molecule has 1 aromatic carbocycles. The summed E-state index contributed by atoms with van der Waals surface area (Å²) >= 11 is 7.41. The van der Waals surface area contributed by atoms with E-state index >= 15 is 0 Å². The van der Waals surface area contributed by atoms with Crippen LogP contribution >= 0.6 is 49.9 Å². The molecule has 0 saturated carbocycles. The fourth-order valence-corrected chi connectivity index (χ4v) is 3.89. The molecule has 0 aliphatic carbocycles. The van der Waals surface area contributed by atoms with Crippen molar-refractivity contribution in [2.45, 2.75) is 12.0 Å². The van der Waals surface area contributed by atoms with Crippen molar-refractivity contribution in [1.29, 1.82) is 0 Å². The molecule has 18 heavy (non-hydrogen) atoms. The van der Waals surface area contributed by atoms with E-state index in [-0.39, 0.29) is 5.92 Å². The minimum absolute atomic E-state index is 0.0917. The Morgan fingerprint density at radius 3 is 2.67 bits per heavy atom. The molecule has 0 bridgehead atoms. The van der Waals surface area contributed by atoms with Crippen molar-refractivity contribution in [1.82, 2.24) is 0 Å². The van der Waals surface area contributed by atoms with Gasteiger partial charge >= 0.3 is 0 Å². The number of nitrogens with two attached hydrogens (primary N) is 1. The average molecular weight is 438 g/mol. The Morgan fingerprint density at radius 1 is 1.39 bits per heavy atom. The third-order valence-corrected chi connectivity index (χ3v) is 5.40. The van der Waals surface area contributed by atoms with Crippen molar-refractivity contribution in [3.05, 3.63) is 54.2 Å². The summed E-state index contributed by atoms with van der Waals surface area (Å²) in [4.78, 5) is 0. The lowest BCUT2D eigenvalue weighted by molar-refractivity contribution is 0.147. The van der Waals surface area contributed by atoms with Crippen molar-refractivity contribution in [2.24, 2.45) is 5.73 Å². The van der Waals surface area contributed by atoms with Gasteiger partial charge in [-0.25, -0.2) is 0 Å². The van der Waals surface area contributed by atoms with Gasteiger partial charge in [0.1, 0.15) is 0 Å². The highest BCUT2D eigenvalue weighted by molar-refractivity contribution is 14.1. The molecule has 2 atom stereocenters. The second-order valence-corrected chi connectivity index (χ2v) is 7.65. The zero-order valence-corrected chi connectivity index (χ0v) is 14.1. The first-order valence-electron chi connectivity index (χ1n) is 5.50. The largest absolute Gasteiger partial charge is 0.388 e. The van der Waals surface area contributed by atoms with E-state index in [9.17, 15) is 5.11 Å². The van der Waals surface area contributed by atoms with Gasteiger partial charge in [0.25, 0.3) is 0 Å². The Kier molecular flexibility index (Phi) is 5.20. The number of halogens is 2. The fraction of sp³-hybridized carbons (Fsp3) is 0.231. The van der Waals surface area contributed by atoms with Crippen LogP contribution in [-0.2, 0) is 0 Å². The van der Waals surface area contributed by atoms with E-state index < -0.39 is 6.10 Å². The van der Waals surface area contributed by atoms with Gasteiger partial charge in [-0.1, -0.05) is 34.1 Å². The Hall–Kier alpha value is 0.0500. The van der Waals surface area contributed by atoms with Crippen LogP contribution in [0.2, 0.25) is 0 Å². The summed E-state index contributed by atoms with van der Waals surface area (Å²) in [6, 6.07) is 9.91. The molecule has 2 aromatic rings. The third kappa shape index (κ3) is 3.14. The van der Waals surface area contributed by atoms with Crippen LogP contribution in [0, 0.1) is 2.88 Å². The summed E-state index contributed by atoms with van der Waals surface area (Å²) in [6.45, 7) is 0.413. The highest BCUT2D eigenvalue weighted by Gasteiger charge is 2.23. The van der Waals surface area contributed by atoms with Crippen molar-refractivity contribution in [3.8, 4) is 0 Å². The molecular weight excluding hydrogens is 425 g/mol. The van der Waals surface area contributed by atoms with E-state index in [0.29, 0.717) is 6.54 Å². The highest BCUT2D eigenvalue weighted by Crippen LogP contribution is 2.35. The summed E-state index contributed by atoms with van der Waals surface area (Å²) in [5, 5.41) is 12.5. The van der Waals surface area contributed by atoms with Crippen LogP contribution in [0.15, 0.2) is 40.2 Å². The van der Waals surface area contributed by atoms with Crippen LogP contribution in [0.25, 0.3) is 0 Å². The van der Waals surface area contributed by atoms with Crippen LogP contribution in [-0.4, -0.2) is 11.7 Å². The van der Waals surface area contributed by atoms with Gasteiger partial charge in [0.15, 0.2) is 0 Å². The molecule has 1 heterocycles. The smallest absolute Gasteiger partial charge is 0.0879 e. The monoisotopic (exact) mass is 437 g/mol. The molecule has 0 saturated heterocycles. The second-order valence-electron chi connectivity index (χ2n) is 3.99. The summed E-state index contributed by atoms with van der Waals surface area (Å²) in [6.07, 6.45) is -0.562. The molecule has 0 amide bonds. The number of hydrogen-bond acceptors (Lipinski definition) is 3. The van der Waals surface area contributed by atoms with Gasteiger partial charge in [0, 0.05) is 16.9 Å². The van der Waals surface area contributed by atoms with E-state index in [1.165, 1.54) is 2.88 Å². The summed E-state index contributed by atoms with van der Waals surface area (Å²) in [5.41, 5.74) is 7.83. The molecule has 0 aliphatic rings. The predicted molar refractivity (Wildman–Crippen MR) is 87.9 cm³/mol. The SMILES string of the molecule is NCC(c1ccccc1Br)C(O)c1csc(I)c1. The molecule has 2 nitrogen and oxygen atoms in total. The van der Waals surface area contributed by atoms with Crippen LogP contribution in [0.4, 0.5) is 0 Å². The Morgan fingerprint density at radius 2 is 2.11 bits per heavy atom. The van der Waals surface area contributed by atoms with Crippen LogP contribution in [0.5, 0.6) is 0 Å². The summed E-state index contributed by atoms with van der Waals surface area (Å²) in [5.74, 6) is -0.0917. The van der Waals surface area contributed by atoms with Crippen LogP contribution < -0.4 is 5.73 Å². The van der Waals surface area contributed by atoms with Gasteiger partial charge in [-0.3, -0.25) is 0 Å². The minimum atomic E-state index is -0.562. The molecule has 0 fully saturated rings. The van der Waals surface area contributed by atoms with Gasteiger partial charge in [0.05, 0.1) is 8.99 Å². The first-order valence-corrected chi connectivity index (χ1v) is 8.25. The average Bonchev–Trinajstić information content (AvgIpc) is 2.79. The van der Waals surface area contributed by atoms with Crippen molar-refractivity contribution >= 4 is 49.9 Å². The predicted octanol–water partition coefficient (Wildman–Crippen LogP) is 3.89. The van der Waals surface area contributed by atoms with E-state index in [2.05, 4.69) is 38.5 Å². The Bertz CT molecular complexity index is 531. The molecule has 2 unspecified atom stereocenters.